The lowest BCUT2D eigenvalue weighted by molar-refractivity contribution is 0.226. The van der Waals surface area contributed by atoms with Gasteiger partial charge in [0.25, 0.3) is 0 Å². The second-order valence-electron chi connectivity index (χ2n) is 7.18. The Morgan fingerprint density at radius 3 is 2.40 bits per heavy atom. The van der Waals surface area contributed by atoms with E-state index < -0.39 is 8.07 Å². The summed E-state index contributed by atoms with van der Waals surface area (Å²) in [6, 6.07) is 12.1. The predicted molar refractivity (Wildman–Crippen MR) is 90.3 cm³/mol. The van der Waals surface area contributed by atoms with Crippen LogP contribution in [0.5, 0.6) is 0 Å². The summed E-state index contributed by atoms with van der Waals surface area (Å²) < 4.78 is 5.69. The van der Waals surface area contributed by atoms with E-state index in [0.717, 1.165) is 19.4 Å². The number of allylic oxidation sites excluding steroid dienone is 1. The molecule has 1 nitrogen and oxygen atoms in total. The molecule has 0 aromatic heterocycles. The van der Waals surface area contributed by atoms with Gasteiger partial charge in [-0.05, 0) is 24.8 Å². The van der Waals surface area contributed by atoms with Crippen molar-refractivity contribution in [1.29, 1.82) is 0 Å². The van der Waals surface area contributed by atoms with Gasteiger partial charge >= 0.3 is 0 Å². The fraction of sp³-hybridized carbons (Fsp3) is 0.556. The summed E-state index contributed by atoms with van der Waals surface area (Å²) in [5, 5.41) is 1.53. The Morgan fingerprint density at radius 1 is 1.30 bits per heavy atom. The van der Waals surface area contributed by atoms with Crippen LogP contribution in [0.15, 0.2) is 42.5 Å². The van der Waals surface area contributed by atoms with Crippen LogP contribution in [0.1, 0.15) is 26.7 Å². The first-order valence-corrected chi connectivity index (χ1v) is 10.9. The predicted octanol–water partition coefficient (Wildman–Crippen LogP) is 4.36. The molecule has 0 N–H and O–H groups in total. The molecule has 1 atom stereocenters. The lowest BCUT2D eigenvalue weighted by Crippen LogP contribution is -2.41. The first-order valence-electron chi connectivity index (χ1n) is 7.72. The van der Waals surface area contributed by atoms with Crippen LogP contribution in [-0.4, -0.2) is 20.3 Å². The third-order valence-electron chi connectivity index (χ3n) is 4.72. The van der Waals surface area contributed by atoms with Crippen molar-refractivity contribution in [2.45, 2.75) is 51.4 Å². The van der Waals surface area contributed by atoms with Crippen LogP contribution in [0.2, 0.25) is 19.1 Å². The Hall–Kier alpha value is -0.863. The lowest BCUT2D eigenvalue weighted by Gasteiger charge is -2.25. The largest absolute Gasteiger partial charge is 0.369 e. The molecule has 1 heterocycles. The van der Waals surface area contributed by atoms with Crippen LogP contribution in [0, 0.1) is 5.92 Å². The van der Waals surface area contributed by atoms with E-state index >= 15 is 0 Å². The Balaban J connectivity index is 1.88. The fourth-order valence-corrected chi connectivity index (χ4v) is 5.68. The van der Waals surface area contributed by atoms with Crippen LogP contribution in [0.3, 0.4) is 0 Å². The summed E-state index contributed by atoms with van der Waals surface area (Å²) in [4.78, 5) is 0. The smallest absolute Gasteiger partial charge is 0.0942 e. The maximum Gasteiger partial charge on any atom is 0.0942 e. The van der Waals surface area contributed by atoms with Crippen molar-refractivity contribution in [2.24, 2.45) is 5.92 Å². The molecule has 110 valence electrons. The van der Waals surface area contributed by atoms with E-state index in [1.807, 2.05) is 0 Å². The standard InChI is InChI=1S/C18H28OSi/c1-15(2)18(14-19-18)12-11-16(3)13-20(4,5)17-9-7-6-8-10-17/h6-10,15H,3,11-14H2,1-2,4-5H3. The van der Waals surface area contributed by atoms with Crippen LogP contribution >= 0.6 is 0 Å². The van der Waals surface area contributed by atoms with Crippen molar-refractivity contribution in [2.75, 3.05) is 6.61 Å². The maximum atomic E-state index is 5.69. The summed E-state index contributed by atoms with van der Waals surface area (Å²) >= 11 is 0. The Morgan fingerprint density at radius 2 is 1.90 bits per heavy atom. The Bertz CT molecular complexity index is 458. The summed E-state index contributed by atoms with van der Waals surface area (Å²) in [5.74, 6) is 0.620. The molecule has 2 rings (SSSR count). The third kappa shape index (κ3) is 3.61. The lowest BCUT2D eigenvalue weighted by atomic mass is 9.90. The van der Waals surface area contributed by atoms with Crippen LogP contribution in [0.4, 0.5) is 0 Å². The molecule has 1 saturated heterocycles. The number of hydrogen-bond donors (Lipinski definition) is 0. The van der Waals surface area contributed by atoms with Gasteiger partial charge in [-0.15, -0.1) is 6.58 Å². The molecule has 0 saturated carbocycles. The normalized spacial score (nSPS) is 22.1. The quantitative estimate of drug-likeness (QED) is 0.412. The first-order chi connectivity index (χ1) is 9.36. The van der Waals surface area contributed by atoms with Crippen molar-refractivity contribution in [3.8, 4) is 0 Å². The zero-order valence-electron chi connectivity index (χ0n) is 13.4. The van der Waals surface area contributed by atoms with E-state index in [-0.39, 0.29) is 5.60 Å². The molecule has 0 aliphatic carbocycles. The molecule has 1 unspecified atom stereocenters. The minimum atomic E-state index is -1.39. The molecule has 1 aliphatic heterocycles. The van der Waals surface area contributed by atoms with E-state index in [1.54, 1.807) is 0 Å². The van der Waals surface area contributed by atoms with Gasteiger partial charge in [0.15, 0.2) is 0 Å². The molecular weight excluding hydrogens is 260 g/mol. The van der Waals surface area contributed by atoms with Crippen molar-refractivity contribution in [3.63, 3.8) is 0 Å². The van der Waals surface area contributed by atoms with Crippen molar-refractivity contribution in [1.82, 2.24) is 0 Å². The van der Waals surface area contributed by atoms with Gasteiger partial charge in [-0.1, -0.05) is 68.0 Å². The fourth-order valence-electron chi connectivity index (χ4n) is 2.95. The van der Waals surface area contributed by atoms with Gasteiger partial charge in [0, 0.05) is 0 Å². The molecule has 1 fully saturated rings. The van der Waals surface area contributed by atoms with Gasteiger partial charge < -0.3 is 4.74 Å². The molecule has 0 amide bonds. The highest BCUT2D eigenvalue weighted by molar-refractivity contribution is 6.90. The zero-order valence-corrected chi connectivity index (χ0v) is 14.4. The van der Waals surface area contributed by atoms with Crippen molar-refractivity contribution in [3.05, 3.63) is 42.5 Å². The highest BCUT2D eigenvalue weighted by Crippen LogP contribution is 2.40. The van der Waals surface area contributed by atoms with E-state index in [9.17, 15) is 0 Å². The molecular formula is C18H28OSi. The monoisotopic (exact) mass is 288 g/mol. The second-order valence-corrected chi connectivity index (χ2v) is 11.9. The molecule has 1 aromatic rings. The van der Waals surface area contributed by atoms with Crippen LogP contribution < -0.4 is 5.19 Å². The minimum absolute atomic E-state index is 0.168. The van der Waals surface area contributed by atoms with Gasteiger partial charge in [0.1, 0.15) is 0 Å². The number of rotatable bonds is 7. The average Bonchev–Trinajstić information content (AvgIpc) is 3.18. The summed E-state index contributed by atoms with van der Waals surface area (Å²) in [6.07, 6.45) is 2.25. The van der Waals surface area contributed by atoms with E-state index in [2.05, 4.69) is 63.9 Å². The number of benzene rings is 1. The second kappa shape index (κ2) is 5.86. The number of epoxide rings is 1. The molecule has 2 heteroatoms. The maximum absolute atomic E-state index is 5.69. The molecule has 0 spiro atoms. The van der Waals surface area contributed by atoms with Crippen molar-refractivity contribution < 1.29 is 4.74 Å². The number of hydrogen-bond acceptors (Lipinski definition) is 1. The van der Waals surface area contributed by atoms with E-state index in [0.29, 0.717) is 5.92 Å². The summed E-state index contributed by atoms with van der Waals surface area (Å²) in [6.45, 7) is 14.7. The number of ether oxygens (including phenoxy) is 1. The Labute approximate surface area is 125 Å². The molecule has 0 radical (unpaired) electrons. The van der Waals surface area contributed by atoms with E-state index in [1.165, 1.54) is 16.8 Å². The third-order valence-corrected chi connectivity index (χ3v) is 8.00. The van der Waals surface area contributed by atoms with Crippen LogP contribution in [-0.2, 0) is 4.74 Å². The molecule has 20 heavy (non-hydrogen) atoms. The highest BCUT2D eigenvalue weighted by atomic mass is 28.3. The SMILES string of the molecule is C=C(CCC1(C(C)C)CO1)C[Si](C)(C)c1ccccc1. The van der Waals surface area contributed by atoms with Gasteiger partial charge in [-0.3, -0.25) is 0 Å². The summed E-state index contributed by atoms with van der Waals surface area (Å²) in [5.41, 5.74) is 1.57. The first kappa shape index (κ1) is 15.5. The van der Waals surface area contributed by atoms with E-state index in [4.69, 9.17) is 4.74 Å². The van der Waals surface area contributed by atoms with Gasteiger partial charge in [-0.2, -0.15) is 0 Å². The topological polar surface area (TPSA) is 12.5 Å². The Kier molecular flexibility index (Phi) is 4.55. The van der Waals surface area contributed by atoms with Gasteiger partial charge in [0.05, 0.1) is 20.3 Å². The van der Waals surface area contributed by atoms with Crippen LogP contribution in [0.25, 0.3) is 0 Å². The average molecular weight is 289 g/mol. The van der Waals surface area contributed by atoms with Gasteiger partial charge in [-0.25, -0.2) is 0 Å². The van der Waals surface area contributed by atoms with Crippen molar-refractivity contribution >= 4 is 13.3 Å². The molecule has 1 aromatic carbocycles. The minimum Gasteiger partial charge on any atom is -0.369 e. The highest BCUT2D eigenvalue weighted by Gasteiger charge is 2.46. The summed E-state index contributed by atoms with van der Waals surface area (Å²) in [7, 11) is -1.39. The zero-order chi connectivity index (χ0) is 14.8. The molecule has 1 aliphatic rings. The molecule has 0 bridgehead atoms. The van der Waals surface area contributed by atoms with Gasteiger partial charge in [0.2, 0.25) is 0 Å².